The highest BCUT2D eigenvalue weighted by Crippen LogP contribution is 2.19. The fourth-order valence-electron chi connectivity index (χ4n) is 2.89. The third-order valence-electron chi connectivity index (χ3n) is 4.47. The van der Waals surface area contributed by atoms with Gasteiger partial charge < -0.3 is 15.0 Å². The topological polar surface area (TPSA) is 58.6 Å². The second kappa shape index (κ2) is 10.3. The van der Waals surface area contributed by atoms with Gasteiger partial charge in [-0.15, -0.1) is 0 Å². The van der Waals surface area contributed by atoms with Gasteiger partial charge in [0.2, 0.25) is 5.91 Å². The first-order valence-electron chi connectivity index (χ1n) is 9.04. The first-order chi connectivity index (χ1) is 12.1. The molecule has 1 N–H and O–H groups in total. The molecule has 0 atom stereocenters. The molecular weight excluding hydrogens is 340 g/mol. The molecular formula is C19H27ClN2O3. The molecule has 0 radical (unpaired) electrons. The molecule has 2 amide bonds. The number of benzene rings is 1. The van der Waals surface area contributed by atoms with Gasteiger partial charge >= 0.3 is 0 Å². The van der Waals surface area contributed by atoms with E-state index in [1.54, 1.807) is 29.2 Å². The van der Waals surface area contributed by atoms with E-state index in [0.29, 0.717) is 36.7 Å². The van der Waals surface area contributed by atoms with Crippen LogP contribution in [-0.4, -0.2) is 43.0 Å². The van der Waals surface area contributed by atoms with Crippen LogP contribution in [0.4, 0.5) is 0 Å². The van der Waals surface area contributed by atoms with Gasteiger partial charge in [-0.3, -0.25) is 9.59 Å². The number of carbonyl (C=O) groups excluding carboxylic acids is 2. The summed E-state index contributed by atoms with van der Waals surface area (Å²) < 4.78 is 5.50. The first-order valence-corrected chi connectivity index (χ1v) is 9.41. The lowest BCUT2D eigenvalue weighted by Crippen LogP contribution is -2.44. The maximum absolute atomic E-state index is 12.2. The number of hydrogen-bond acceptors (Lipinski definition) is 3. The normalized spacial score (nSPS) is 15.0. The number of nitrogens with zero attached hydrogens (tertiary/aromatic N) is 1. The third kappa shape index (κ3) is 6.58. The van der Waals surface area contributed by atoms with Crippen molar-refractivity contribution in [3.63, 3.8) is 0 Å². The van der Waals surface area contributed by atoms with Crippen LogP contribution >= 0.6 is 11.6 Å². The Kier molecular flexibility index (Phi) is 8.06. The van der Waals surface area contributed by atoms with Crippen LogP contribution < -0.4 is 10.1 Å². The highest BCUT2D eigenvalue weighted by molar-refractivity contribution is 6.30. The minimum Gasteiger partial charge on any atom is -0.484 e. The van der Waals surface area contributed by atoms with Gasteiger partial charge in [0.1, 0.15) is 5.75 Å². The summed E-state index contributed by atoms with van der Waals surface area (Å²) in [6, 6.07) is 6.94. The van der Waals surface area contributed by atoms with Crippen molar-refractivity contribution in [1.82, 2.24) is 10.2 Å². The number of halogens is 1. The molecule has 25 heavy (non-hydrogen) atoms. The summed E-state index contributed by atoms with van der Waals surface area (Å²) in [5.74, 6) is 0.722. The summed E-state index contributed by atoms with van der Waals surface area (Å²) in [6.45, 7) is 4.12. The number of ether oxygens (including phenoxy) is 1. The van der Waals surface area contributed by atoms with E-state index in [-0.39, 0.29) is 24.3 Å². The quantitative estimate of drug-likeness (QED) is 0.718. The average molecular weight is 367 g/mol. The molecule has 0 bridgehead atoms. The molecule has 6 heteroatoms. The van der Waals surface area contributed by atoms with Crippen LogP contribution in [0.1, 0.15) is 39.0 Å². The lowest BCUT2D eigenvalue weighted by atomic mass is 9.96. The van der Waals surface area contributed by atoms with Gasteiger partial charge in [-0.25, -0.2) is 0 Å². The molecule has 0 unspecified atom stereocenters. The van der Waals surface area contributed by atoms with Crippen molar-refractivity contribution in [3.8, 4) is 5.75 Å². The molecule has 2 rings (SSSR count). The molecule has 1 heterocycles. The Balaban J connectivity index is 1.67. The number of likely N-dealkylation sites (tertiary alicyclic amines) is 1. The SMILES string of the molecule is CCCCCNC(=O)C1CCN(C(=O)COc2ccc(Cl)cc2)CC1. The highest BCUT2D eigenvalue weighted by atomic mass is 35.5. The van der Waals surface area contributed by atoms with Crippen molar-refractivity contribution >= 4 is 23.4 Å². The zero-order valence-electron chi connectivity index (χ0n) is 14.8. The number of unbranched alkanes of at least 4 members (excludes halogenated alkanes) is 2. The lowest BCUT2D eigenvalue weighted by Gasteiger charge is -2.31. The Morgan fingerprint density at radius 3 is 2.52 bits per heavy atom. The van der Waals surface area contributed by atoms with Gasteiger partial charge in [-0.2, -0.15) is 0 Å². The van der Waals surface area contributed by atoms with Crippen LogP contribution in [-0.2, 0) is 9.59 Å². The maximum Gasteiger partial charge on any atom is 0.260 e. The van der Waals surface area contributed by atoms with Crippen LogP contribution in [0.2, 0.25) is 5.02 Å². The molecule has 5 nitrogen and oxygen atoms in total. The van der Waals surface area contributed by atoms with E-state index < -0.39 is 0 Å². The number of piperidine rings is 1. The summed E-state index contributed by atoms with van der Waals surface area (Å²) >= 11 is 5.82. The fourth-order valence-corrected chi connectivity index (χ4v) is 3.02. The first kappa shape index (κ1) is 19.6. The largest absolute Gasteiger partial charge is 0.484 e. The van der Waals surface area contributed by atoms with Gasteiger partial charge in [0.15, 0.2) is 6.61 Å². The van der Waals surface area contributed by atoms with Crippen molar-refractivity contribution in [3.05, 3.63) is 29.3 Å². The molecule has 1 aromatic rings. The van der Waals surface area contributed by atoms with Gasteiger partial charge in [-0.1, -0.05) is 31.4 Å². The zero-order chi connectivity index (χ0) is 18.1. The molecule has 1 fully saturated rings. The Morgan fingerprint density at radius 1 is 1.20 bits per heavy atom. The molecule has 1 aromatic carbocycles. The molecule has 138 valence electrons. The van der Waals surface area contributed by atoms with E-state index in [2.05, 4.69) is 12.2 Å². The average Bonchev–Trinajstić information content (AvgIpc) is 2.64. The van der Waals surface area contributed by atoms with Crippen molar-refractivity contribution in [2.24, 2.45) is 5.92 Å². The Hall–Kier alpha value is -1.75. The number of hydrogen-bond donors (Lipinski definition) is 1. The predicted octanol–water partition coefficient (Wildman–Crippen LogP) is 3.26. The second-order valence-electron chi connectivity index (χ2n) is 6.40. The number of amides is 2. The van der Waals surface area contributed by atoms with E-state index in [1.165, 1.54) is 0 Å². The number of carbonyl (C=O) groups is 2. The van der Waals surface area contributed by atoms with Crippen LogP contribution in [0, 0.1) is 5.92 Å². The summed E-state index contributed by atoms with van der Waals surface area (Å²) in [6.07, 6.45) is 4.75. The monoisotopic (exact) mass is 366 g/mol. The van der Waals surface area contributed by atoms with Crippen LogP contribution in [0.3, 0.4) is 0 Å². The second-order valence-corrected chi connectivity index (χ2v) is 6.83. The van der Waals surface area contributed by atoms with E-state index in [9.17, 15) is 9.59 Å². The van der Waals surface area contributed by atoms with Gasteiger partial charge in [0, 0.05) is 30.6 Å². The maximum atomic E-state index is 12.2. The zero-order valence-corrected chi connectivity index (χ0v) is 15.6. The predicted molar refractivity (Wildman–Crippen MR) is 98.8 cm³/mol. The summed E-state index contributed by atoms with van der Waals surface area (Å²) in [7, 11) is 0. The smallest absolute Gasteiger partial charge is 0.260 e. The van der Waals surface area contributed by atoms with E-state index in [0.717, 1.165) is 25.8 Å². The van der Waals surface area contributed by atoms with Gasteiger partial charge in [0.05, 0.1) is 0 Å². The van der Waals surface area contributed by atoms with E-state index in [1.807, 2.05) is 0 Å². The molecule has 0 aliphatic carbocycles. The fraction of sp³-hybridized carbons (Fsp3) is 0.579. The van der Waals surface area contributed by atoms with Crippen LogP contribution in [0.25, 0.3) is 0 Å². The van der Waals surface area contributed by atoms with Crippen LogP contribution in [0.5, 0.6) is 5.75 Å². The van der Waals surface area contributed by atoms with Crippen molar-refractivity contribution in [1.29, 1.82) is 0 Å². The Morgan fingerprint density at radius 2 is 1.88 bits per heavy atom. The van der Waals surface area contributed by atoms with Gasteiger partial charge in [-0.05, 0) is 43.5 Å². The molecule has 0 spiro atoms. The number of rotatable bonds is 8. The minimum atomic E-state index is -0.0447. The molecule has 0 aromatic heterocycles. The standard InChI is InChI=1S/C19H27ClN2O3/c1-2-3-4-11-21-19(24)15-9-12-22(13-10-15)18(23)14-25-17-7-5-16(20)6-8-17/h5-8,15H,2-4,9-14H2,1H3,(H,21,24). The molecule has 1 aliphatic heterocycles. The highest BCUT2D eigenvalue weighted by Gasteiger charge is 2.27. The Labute approximate surface area is 154 Å². The van der Waals surface area contributed by atoms with Crippen LogP contribution in [0.15, 0.2) is 24.3 Å². The summed E-state index contributed by atoms with van der Waals surface area (Å²) in [4.78, 5) is 26.1. The summed E-state index contributed by atoms with van der Waals surface area (Å²) in [5.41, 5.74) is 0. The van der Waals surface area contributed by atoms with E-state index >= 15 is 0 Å². The van der Waals surface area contributed by atoms with Gasteiger partial charge in [0.25, 0.3) is 5.91 Å². The third-order valence-corrected chi connectivity index (χ3v) is 4.73. The van der Waals surface area contributed by atoms with Crippen molar-refractivity contribution in [2.75, 3.05) is 26.2 Å². The van der Waals surface area contributed by atoms with Crippen molar-refractivity contribution in [2.45, 2.75) is 39.0 Å². The molecule has 1 saturated heterocycles. The summed E-state index contributed by atoms with van der Waals surface area (Å²) in [5, 5.41) is 3.64. The molecule has 1 aliphatic rings. The van der Waals surface area contributed by atoms with Crippen molar-refractivity contribution < 1.29 is 14.3 Å². The Bertz CT molecular complexity index is 554. The minimum absolute atomic E-state index is 0.00944. The molecule has 0 saturated carbocycles. The van der Waals surface area contributed by atoms with E-state index in [4.69, 9.17) is 16.3 Å². The number of nitrogens with one attached hydrogen (secondary N) is 1. The lowest BCUT2D eigenvalue weighted by molar-refractivity contribution is -0.137.